The highest BCUT2D eigenvalue weighted by molar-refractivity contribution is 9.10. The Kier molecular flexibility index (Phi) is 5.61. The monoisotopic (exact) mass is 401 g/mol. The quantitative estimate of drug-likeness (QED) is 0.786. The van der Waals surface area contributed by atoms with E-state index >= 15 is 0 Å². The second kappa shape index (κ2) is 7.48. The van der Waals surface area contributed by atoms with Crippen LogP contribution in [0.15, 0.2) is 40.9 Å². The van der Waals surface area contributed by atoms with E-state index in [-0.39, 0.29) is 5.56 Å². The van der Waals surface area contributed by atoms with Gasteiger partial charge in [-0.25, -0.2) is 18.0 Å². The van der Waals surface area contributed by atoms with Crippen molar-refractivity contribution < 1.29 is 27.5 Å². The predicted octanol–water partition coefficient (Wildman–Crippen LogP) is 4.05. The van der Waals surface area contributed by atoms with Crippen LogP contribution >= 0.6 is 15.9 Å². The third kappa shape index (κ3) is 4.14. The van der Waals surface area contributed by atoms with Crippen molar-refractivity contribution in [1.82, 2.24) is 0 Å². The third-order valence-corrected chi connectivity index (χ3v) is 3.51. The number of halogens is 4. The van der Waals surface area contributed by atoms with Gasteiger partial charge in [-0.1, -0.05) is 22.0 Å². The summed E-state index contributed by atoms with van der Waals surface area (Å²) in [5, 5.41) is 1.99. The van der Waals surface area contributed by atoms with Crippen LogP contribution in [0.25, 0.3) is 0 Å². The lowest BCUT2D eigenvalue weighted by atomic mass is 10.2. The molecule has 1 N–H and O–H groups in total. The van der Waals surface area contributed by atoms with Gasteiger partial charge in [-0.05, 0) is 37.3 Å². The van der Waals surface area contributed by atoms with Crippen LogP contribution in [-0.2, 0) is 9.53 Å². The van der Waals surface area contributed by atoms with Gasteiger partial charge in [-0.3, -0.25) is 4.79 Å². The number of nitrogens with one attached hydrogen (secondary N) is 1. The molecule has 2 aromatic rings. The van der Waals surface area contributed by atoms with E-state index in [0.717, 1.165) is 24.3 Å². The summed E-state index contributed by atoms with van der Waals surface area (Å²) in [6.07, 6.45) is -1.39. The first-order valence-corrected chi connectivity index (χ1v) is 7.50. The molecule has 0 bridgehead atoms. The molecule has 8 heteroatoms. The standard InChI is InChI=1S/C16H11BrF3NO3/c1-8(15(22)21-14-11(18)3-2-4-12(14)19)24-16(23)10-6-5-9(17)7-13(10)20/h2-8H,1H3,(H,21,22)/t8-/m0/s1. The SMILES string of the molecule is C[C@H](OC(=O)c1ccc(Br)cc1F)C(=O)Nc1c(F)cccc1F. The maximum absolute atomic E-state index is 13.7. The van der Waals surface area contributed by atoms with E-state index < -0.39 is 41.1 Å². The van der Waals surface area contributed by atoms with Crippen LogP contribution in [0.1, 0.15) is 17.3 Å². The van der Waals surface area contributed by atoms with Crippen molar-refractivity contribution in [3.8, 4) is 0 Å². The van der Waals surface area contributed by atoms with Crippen LogP contribution in [0.5, 0.6) is 0 Å². The Morgan fingerprint density at radius 1 is 1.08 bits per heavy atom. The summed E-state index contributed by atoms with van der Waals surface area (Å²) in [5.74, 6) is -4.80. The molecule has 0 aliphatic carbocycles. The minimum atomic E-state index is -1.39. The van der Waals surface area contributed by atoms with Gasteiger partial charge < -0.3 is 10.1 Å². The number of carbonyl (C=O) groups is 2. The molecule has 24 heavy (non-hydrogen) atoms. The van der Waals surface area contributed by atoms with Gasteiger partial charge in [0.2, 0.25) is 0 Å². The molecule has 2 aromatic carbocycles. The molecule has 4 nitrogen and oxygen atoms in total. The van der Waals surface area contributed by atoms with Gasteiger partial charge in [0.15, 0.2) is 6.10 Å². The summed E-state index contributed by atoms with van der Waals surface area (Å²) in [6, 6.07) is 6.75. The average molecular weight is 402 g/mol. The Hall–Kier alpha value is -2.35. The van der Waals surface area contributed by atoms with Gasteiger partial charge in [0.25, 0.3) is 5.91 Å². The lowest BCUT2D eigenvalue weighted by molar-refractivity contribution is -0.123. The van der Waals surface area contributed by atoms with Crippen LogP contribution in [0, 0.1) is 17.5 Å². The highest BCUT2D eigenvalue weighted by Crippen LogP contribution is 2.19. The van der Waals surface area contributed by atoms with Crippen LogP contribution < -0.4 is 5.32 Å². The highest BCUT2D eigenvalue weighted by atomic mass is 79.9. The average Bonchev–Trinajstić information content (AvgIpc) is 2.50. The molecule has 0 aliphatic rings. The first-order valence-electron chi connectivity index (χ1n) is 6.70. The summed E-state index contributed by atoms with van der Waals surface area (Å²) in [7, 11) is 0. The van der Waals surface area contributed by atoms with E-state index in [0.29, 0.717) is 4.47 Å². The molecule has 2 rings (SSSR count). The summed E-state index contributed by atoms with van der Waals surface area (Å²) in [6.45, 7) is 1.20. The van der Waals surface area contributed by atoms with Gasteiger partial charge in [-0.15, -0.1) is 0 Å². The number of esters is 1. The molecule has 0 heterocycles. The number of amides is 1. The lowest BCUT2D eigenvalue weighted by Crippen LogP contribution is -2.30. The van der Waals surface area contributed by atoms with Crippen molar-refractivity contribution in [3.63, 3.8) is 0 Å². The van der Waals surface area contributed by atoms with Crippen molar-refractivity contribution in [1.29, 1.82) is 0 Å². The normalized spacial score (nSPS) is 11.7. The first kappa shape index (κ1) is 18.0. The molecule has 1 atom stereocenters. The molecule has 0 aromatic heterocycles. The zero-order valence-corrected chi connectivity index (χ0v) is 13.9. The highest BCUT2D eigenvalue weighted by Gasteiger charge is 2.23. The Morgan fingerprint density at radius 2 is 1.71 bits per heavy atom. The summed E-state index contributed by atoms with van der Waals surface area (Å²) < 4.78 is 45.9. The number of para-hydroxylation sites is 1. The number of hydrogen-bond acceptors (Lipinski definition) is 3. The first-order chi connectivity index (χ1) is 11.3. The molecule has 0 radical (unpaired) electrons. The zero-order valence-electron chi connectivity index (χ0n) is 12.3. The molecule has 0 saturated heterocycles. The van der Waals surface area contributed by atoms with E-state index in [1.807, 2.05) is 5.32 Å². The fraction of sp³-hybridized carbons (Fsp3) is 0.125. The van der Waals surface area contributed by atoms with Crippen LogP contribution in [-0.4, -0.2) is 18.0 Å². The maximum Gasteiger partial charge on any atom is 0.341 e. The van der Waals surface area contributed by atoms with Gasteiger partial charge in [0.1, 0.15) is 23.1 Å². The summed E-state index contributed by atoms with van der Waals surface area (Å²) in [4.78, 5) is 23.8. The number of rotatable bonds is 4. The summed E-state index contributed by atoms with van der Waals surface area (Å²) in [5.41, 5.74) is -1.02. The molecular formula is C16H11BrF3NO3. The molecule has 0 saturated carbocycles. The van der Waals surface area contributed by atoms with Crippen molar-refractivity contribution in [2.24, 2.45) is 0 Å². The smallest absolute Gasteiger partial charge is 0.341 e. The minimum Gasteiger partial charge on any atom is -0.449 e. The Balaban J connectivity index is 2.07. The fourth-order valence-electron chi connectivity index (χ4n) is 1.77. The summed E-state index contributed by atoms with van der Waals surface area (Å²) >= 11 is 3.04. The largest absolute Gasteiger partial charge is 0.449 e. The molecule has 0 spiro atoms. The maximum atomic E-state index is 13.7. The van der Waals surface area contributed by atoms with Gasteiger partial charge >= 0.3 is 5.97 Å². The van der Waals surface area contributed by atoms with Crippen molar-refractivity contribution >= 4 is 33.5 Å². The molecule has 0 aliphatic heterocycles. The van der Waals surface area contributed by atoms with Crippen LogP contribution in [0.2, 0.25) is 0 Å². The second-order valence-corrected chi connectivity index (χ2v) is 5.67. The number of hydrogen-bond donors (Lipinski definition) is 1. The van der Waals surface area contributed by atoms with Gasteiger partial charge in [-0.2, -0.15) is 0 Å². The number of carbonyl (C=O) groups excluding carboxylic acids is 2. The second-order valence-electron chi connectivity index (χ2n) is 4.76. The van der Waals surface area contributed by atoms with E-state index in [4.69, 9.17) is 4.74 Å². The number of anilines is 1. The minimum absolute atomic E-state index is 0.366. The molecule has 0 unspecified atom stereocenters. The van der Waals surface area contributed by atoms with E-state index in [1.165, 1.54) is 19.1 Å². The van der Waals surface area contributed by atoms with Gasteiger partial charge in [0, 0.05) is 4.47 Å². The molecule has 126 valence electrons. The van der Waals surface area contributed by atoms with Crippen LogP contribution in [0.3, 0.4) is 0 Å². The van der Waals surface area contributed by atoms with Crippen LogP contribution in [0.4, 0.5) is 18.9 Å². The number of ether oxygens (including phenoxy) is 1. The molecular weight excluding hydrogens is 391 g/mol. The Morgan fingerprint density at radius 3 is 2.29 bits per heavy atom. The zero-order chi connectivity index (χ0) is 17.9. The van der Waals surface area contributed by atoms with E-state index in [9.17, 15) is 22.8 Å². The van der Waals surface area contributed by atoms with Gasteiger partial charge in [0.05, 0.1) is 5.56 Å². The van der Waals surface area contributed by atoms with E-state index in [2.05, 4.69) is 15.9 Å². The lowest BCUT2D eigenvalue weighted by Gasteiger charge is -2.14. The van der Waals surface area contributed by atoms with E-state index in [1.54, 1.807) is 0 Å². The Bertz CT molecular complexity index is 778. The Labute approximate surface area is 143 Å². The van der Waals surface area contributed by atoms with Crippen molar-refractivity contribution in [3.05, 3.63) is 63.9 Å². The molecule has 0 fully saturated rings. The third-order valence-electron chi connectivity index (χ3n) is 3.02. The predicted molar refractivity (Wildman–Crippen MR) is 84.0 cm³/mol. The fourth-order valence-corrected chi connectivity index (χ4v) is 2.11. The molecule has 1 amide bonds. The van der Waals surface area contributed by atoms with Crippen molar-refractivity contribution in [2.45, 2.75) is 13.0 Å². The topological polar surface area (TPSA) is 55.4 Å². The number of benzene rings is 2. The van der Waals surface area contributed by atoms with Crippen molar-refractivity contribution in [2.75, 3.05) is 5.32 Å².